The molecule has 0 radical (unpaired) electrons. The van der Waals surface area contributed by atoms with E-state index in [2.05, 4.69) is 16.9 Å². The number of nitrogens with zero attached hydrogens (tertiary/aromatic N) is 6. The maximum Gasteiger partial charge on any atom is 0.332 e. The van der Waals surface area contributed by atoms with Crippen LogP contribution in [0.2, 0.25) is 0 Å². The second-order valence-electron chi connectivity index (χ2n) is 8.33. The van der Waals surface area contributed by atoms with E-state index in [0.29, 0.717) is 35.6 Å². The third kappa shape index (κ3) is 4.16. The van der Waals surface area contributed by atoms with Gasteiger partial charge < -0.3 is 14.4 Å². The van der Waals surface area contributed by atoms with Crippen LogP contribution in [0.15, 0.2) is 33.9 Å². The van der Waals surface area contributed by atoms with Gasteiger partial charge in [-0.2, -0.15) is 0 Å². The van der Waals surface area contributed by atoms with E-state index in [0.717, 1.165) is 31.7 Å². The number of benzene rings is 1. The van der Waals surface area contributed by atoms with Crippen molar-refractivity contribution >= 4 is 29.2 Å². The number of hydrogen-bond donors (Lipinski definition) is 0. The summed E-state index contributed by atoms with van der Waals surface area (Å²) >= 11 is 0. The number of amides is 1. The summed E-state index contributed by atoms with van der Waals surface area (Å²) in [6, 6.07) is 7.47. The molecule has 3 heterocycles. The van der Waals surface area contributed by atoms with Crippen LogP contribution in [-0.2, 0) is 20.1 Å². The van der Waals surface area contributed by atoms with Crippen molar-refractivity contribution in [1.29, 1.82) is 0 Å². The minimum Gasteiger partial charge on any atom is -0.336 e. The number of carbonyl (C=O) groups is 1. The SMILES string of the molecule is CCn1c(=O)c2c(nc(/C=C/c3ccc(C(=O)N4CCN(C)CC4)cc3)n2C)n(CC)c1=O. The average molecular weight is 451 g/mol. The quantitative estimate of drug-likeness (QED) is 0.588. The maximum absolute atomic E-state index is 12.8. The standard InChI is InChI=1S/C24H30N6O3/c1-5-29-21-20(23(32)30(6-2)24(29)33)27(4)19(25-21)12-9-17-7-10-18(11-8-17)22(31)28-15-13-26(3)14-16-28/h7-12H,5-6,13-16H2,1-4H3/b12-9+. The van der Waals surface area contributed by atoms with Gasteiger partial charge in [0.1, 0.15) is 5.82 Å². The summed E-state index contributed by atoms with van der Waals surface area (Å²) in [6.45, 7) is 7.64. The van der Waals surface area contributed by atoms with E-state index in [9.17, 15) is 14.4 Å². The van der Waals surface area contributed by atoms with Crippen molar-refractivity contribution in [3.8, 4) is 0 Å². The number of aryl methyl sites for hydroxylation is 2. The van der Waals surface area contributed by atoms with Crippen LogP contribution in [-0.4, -0.2) is 67.6 Å². The number of imidazole rings is 1. The number of likely N-dealkylation sites (N-methyl/N-ethyl adjacent to an activating group) is 1. The predicted octanol–water partition coefficient (Wildman–Crippen LogP) is 1.49. The number of hydrogen-bond acceptors (Lipinski definition) is 5. The summed E-state index contributed by atoms with van der Waals surface area (Å²) < 4.78 is 4.48. The van der Waals surface area contributed by atoms with Crippen LogP contribution in [0.3, 0.4) is 0 Å². The molecule has 1 fully saturated rings. The van der Waals surface area contributed by atoms with Crippen LogP contribution >= 0.6 is 0 Å². The van der Waals surface area contributed by atoms with Crippen LogP contribution in [0, 0.1) is 0 Å². The van der Waals surface area contributed by atoms with Gasteiger partial charge in [-0.15, -0.1) is 0 Å². The van der Waals surface area contributed by atoms with E-state index in [1.54, 1.807) is 18.5 Å². The summed E-state index contributed by atoms with van der Waals surface area (Å²) in [5.74, 6) is 0.633. The first kappa shape index (κ1) is 22.7. The Kier molecular flexibility index (Phi) is 6.33. The lowest BCUT2D eigenvalue weighted by molar-refractivity contribution is 0.0664. The Morgan fingerprint density at radius 2 is 1.58 bits per heavy atom. The van der Waals surface area contributed by atoms with E-state index < -0.39 is 0 Å². The Bertz CT molecular complexity index is 1320. The van der Waals surface area contributed by atoms with Crippen molar-refractivity contribution in [2.45, 2.75) is 26.9 Å². The zero-order valence-corrected chi connectivity index (χ0v) is 19.6. The predicted molar refractivity (Wildman–Crippen MR) is 129 cm³/mol. The van der Waals surface area contributed by atoms with E-state index >= 15 is 0 Å². The fourth-order valence-corrected chi connectivity index (χ4v) is 4.19. The number of fused-ring (bicyclic) bond motifs is 1. The molecule has 9 nitrogen and oxygen atoms in total. The zero-order chi connectivity index (χ0) is 23.7. The molecule has 174 valence electrons. The molecule has 9 heteroatoms. The van der Waals surface area contributed by atoms with Gasteiger partial charge in [0.15, 0.2) is 11.2 Å². The molecular formula is C24H30N6O3. The Morgan fingerprint density at radius 3 is 2.18 bits per heavy atom. The minimum atomic E-state index is -0.341. The first-order valence-electron chi connectivity index (χ1n) is 11.3. The molecule has 4 rings (SSSR count). The average Bonchev–Trinajstić information content (AvgIpc) is 3.15. The summed E-state index contributed by atoms with van der Waals surface area (Å²) in [5, 5.41) is 0. The molecule has 1 amide bonds. The fraction of sp³-hybridized carbons (Fsp3) is 0.417. The van der Waals surface area contributed by atoms with Crippen LogP contribution in [0.4, 0.5) is 0 Å². The molecule has 0 unspecified atom stereocenters. The summed E-state index contributed by atoms with van der Waals surface area (Å²) in [5.41, 5.74) is 1.72. The molecule has 0 bridgehead atoms. The normalized spacial score (nSPS) is 15.1. The van der Waals surface area contributed by atoms with Crippen molar-refractivity contribution in [3.05, 3.63) is 62.1 Å². The van der Waals surface area contributed by atoms with E-state index in [1.807, 2.05) is 48.2 Å². The highest BCUT2D eigenvalue weighted by Crippen LogP contribution is 2.15. The number of piperazine rings is 1. The Balaban J connectivity index is 1.60. The van der Waals surface area contributed by atoms with Gasteiger partial charge in [0.25, 0.3) is 11.5 Å². The highest BCUT2D eigenvalue weighted by Gasteiger charge is 2.20. The van der Waals surface area contributed by atoms with Crippen LogP contribution in [0.5, 0.6) is 0 Å². The second kappa shape index (κ2) is 9.19. The number of rotatable bonds is 5. The van der Waals surface area contributed by atoms with Crippen LogP contribution in [0.1, 0.15) is 35.6 Å². The molecule has 0 aliphatic carbocycles. The van der Waals surface area contributed by atoms with Crippen molar-refractivity contribution in [2.75, 3.05) is 33.2 Å². The van der Waals surface area contributed by atoms with Crippen molar-refractivity contribution in [1.82, 2.24) is 28.5 Å². The fourth-order valence-electron chi connectivity index (χ4n) is 4.19. The third-order valence-electron chi connectivity index (χ3n) is 6.28. The molecule has 3 aromatic rings. The Labute approximate surface area is 192 Å². The molecule has 0 atom stereocenters. The van der Waals surface area contributed by atoms with E-state index in [4.69, 9.17) is 0 Å². The van der Waals surface area contributed by atoms with Gasteiger partial charge in [-0.05, 0) is 44.7 Å². The first-order valence-corrected chi connectivity index (χ1v) is 11.3. The molecule has 0 saturated carbocycles. The molecule has 1 saturated heterocycles. The zero-order valence-electron chi connectivity index (χ0n) is 19.6. The highest BCUT2D eigenvalue weighted by atomic mass is 16.2. The molecule has 0 N–H and O–H groups in total. The number of aromatic nitrogens is 4. The summed E-state index contributed by atoms with van der Waals surface area (Å²) in [7, 11) is 3.84. The number of carbonyl (C=O) groups excluding carboxylic acids is 1. The van der Waals surface area contributed by atoms with E-state index in [1.165, 1.54) is 9.13 Å². The topological polar surface area (TPSA) is 85.4 Å². The van der Waals surface area contributed by atoms with Gasteiger partial charge in [0, 0.05) is 51.9 Å². The van der Waals surface area contributed by atoms with Crippen LogP contribution in [0.25, 0.3) is 23.3 Å². The van der Waals surface area contributed by atoms with Crippen LogP contribution < -0.4 is 11.2 Å². The largest absolute Gasteiger partial charge is 0.336 e. The van der Waals surface area contributed by atoms with Gasteiger partial charge in [0.2, 0.25) is 0 Å². The maximum atomic E-state index is 12.8. The molecule has 1 aliphatic heterocycles. The lowest BCUT2D eigenvalue weighted by Crippen LogP contribution is -2.47. The van der Waals surface area contributed by atoms with Gasteiger partial charge in [-0.25, -0.2) is 9.78 Å². The minimum absolute atomic E-state index is 0.0544. The molecule has 1 aromatic carbocycles. The van der Waals surface area contributed by atoms with Gasteiger partial charge in [-0.3, -0.25) is 18.7 Å². The molecule has 2 aromatic heterocycles. The monoisotopic (exact) mass is 450 g/mol. The molecule has 0 spiro atoms. The van der Waals surface area contributed by atoms with Crippen molar-refractivity contribution in [2.24, 2.45) is 7.05 Å². The lowest BCUT2D eigenvalue weighted by atomic mass is 10.1. The van der Waals surface area contributed by atoms with E-state index in [-0.39, 0.29) is 17.2 Å². The van der Waals surface area contributed by atoms with Gasteiger partial charge in [-0.1, -0.05) is 18.2 Å². The highest BCUT2D eigenvalue weighted by molar-refractivity contribution is 5.94. The molecular weight excluding hydrogens is 420 g/mol. The Morgan fingerprint density at radius 1 is 0.939 bits per heavy atom. The summed E-state index contributed by atoms with van der Waals surface area (Å²) in [6.07, 6.45) is 3.70. The second-order valence-corrected chi connectivity index (χ2v) is 8.33. The lowest BCUT2D eigenvalue weighted by Gasteiger charge is -2.32. The Hall–Kier alpha value is -3.46. The first-order chi connectivity index (χ1) is 15.8. The van der Waals surface area contributed by atoms with Crippen molar-refractivity contribution in [3.63, 3.8) is 0 Å². The van der Waals surface area contributed by atoms with Crippen molar-refractivity contribution < 1.29 is 4.79 Å². The molecule has 1 aliphatic rings. The smallest absolute Gasteiger partial charge is 0.332 e. The van der Waals surface area contributed by atoms with Gasteiger partial charge >= 0.3 is 5.69 Å². The summed E-state index contributed by atoms with van der Waals surface area (Å²) in [4.78, 5) is 46.8. The van der Waals surface area contributed by atoms with Gasteiger partial charge in [0.05, 0.1) is 0 Å². The third-order valence-corrected chi connectivity index (χ3v) is 6.28. The molecule has 33 heavy (non-hydrogen) atoms.